The van der Waals surface area contributed by atoms with Crippen molar-refractivity contribution in [1.82, 2.24) is 5.32 Å². The van der Waals surface area contributed by atoms with Gasteiger partial charge < -0.3 is 24.3 Å². The molecule has 42 heavy (non-hydrogen) atoms. The Bertz CT molecular complexity index is 1510. The monoisotopic (exact) mass is 570 g/mol. The molecule has 1 N–H and O–H groups in total. The number of benzene rings is 3. The summed E-state index contributed by atoms with van der Waals surface area (Å²) < 4.78 is 23.2. The quantitative estimate of drug-likeness (QED) is 0.319. The molecule has 2 amide bonds. The van der Waals surface area contributed by atoms with Crippen LogP contribution in [0.25, 0.3) is 0 Å². The molecule has 0 bridgehead atoms. The first-order valence-corrected chi connectivity index (χ1v) is 13.1. The van der Waals surface area contributed by atoms with Gasteiger partial charge in [0.2, 0.25) is 0 Å². The molecule has 5 rings (SSSR count). The molecule has 11 heteroatoms. The van der Waals surface area contributed by atoms with E-state index in [-0.39, 0.29) is 22.4 Å². The summed E-state index contributed by atoms with van der Waals surface area (Å²) in [6.07, 6.45) is -5.25. The maximum atomic E-state index is 13.2. The Morgan fingerprint density at radius 1 is 0.738 bits per heavy atom. The van der Waals surface area contributed by atoms with Crippen LogP contribution in [0.1, 0.15) is 38.0 Å². The van der Waals surface area contributed by atoms with Crippen LogP contribution >= 0.6 is 0 Å². The van der Waals surface area contributed by atoms with E-state index in [0.29, 0.717) is 0 Å². The van der Waals surface area contributed by atoms with Gasteiger partial charge in [-0.05, 0) is 43.3 Å². The minimum Gasteiger partial charge on any atom is -0.459 e. The van der Waals surface area contributed by atoms with E-state index in [1.807, 2.05) is 0 Å². The van der Waals surface area contributed by atoms with Crippen molar-refractivity contribution in [3.63, 3.8) is 0 Å². The van der Waals surface area contributed by atoms with Gasteiger partial charge >= 0.3 is 17.9 Å². The lowest BCUT2D eigenvalue weighted by Crippen LogP contribution is -2.57. The van der Waals surface area contributed by atoms with Crippen molar-refractivity contribution in [3.05, 3.63) is 108 Å². The second-order valence-corrected chi connectivity index (χ2v) is 9.56. The Morgan fingerprint density at radius 3 is 1.74 bits per heavy atom. The lowest BCUT2D eigenvalue weighted by Gasteiger charge is -2.29. The third kappa shape index (κ3) is 6.26. The lowest BCUT2D eigenvalue weighted by molar-refractivity contribution is -0.132. The molecular weight excluding hydrogens is 544 g/mol. The van der Waals surface area contributed by atoms with E-state index in [1.165, 1.54) is 31.2 Å². The number of rotatable bonds is 8. The van der Waals surface area contributed by atoms with Crippen LogP contribution in [0.5, 0.6) is 0 Å². The van der Waals surface area contributed by atoms with E-state index in [1.54, 1.807) is 66.7 Å². The second-order valence-electron chi connectivity index (χ2n) is 9.56. The van der Waals surface area contributed by atoms with Crippen molar-refractivity contribution in [2.24, 2.45) is 4.99 Å². The summed E-state index contributed by atoms with van der Waals surface area (Å²) in [4.78, 5) is 68.2. The molecule has 2 aliphatic heterocycles. The zero-order valence-electron chi connectivity index (χ0n) is 22.4. The summed E-state index contributed by atoms with van der Waals surface area (Å²) in [7, 11) is 0. The molecule has 3 aromatic rings. The molecular formula is C31H26N2O9. The number of hydrogen-bond donors (Lipinski definition) is 1. The van der Waals surface area contributed by atoms with E-state index in [9.17, 15) is 24.0 Å². The zero-order chi connectivity index (χ0) is 29.6. The van der Waals surface area contributed by atoms with Gasteiger partial charge in [-0.15, -0.1) is 0 Å². The fourth-order valence-electron chi connectivity index (χ4n) is 4.60. The summed E-state index contributed by atoms with van der Waals surface area (Å²) in [5.74, 6) is -3.58. The van der Waals surface area contributed by atoms with Crippen molar-refractivity contribution < 1.29 is 42.9 Å². The van der Waals surface area contributed by atoms with Gasteiger partial charge in [-0.2, -0.15) is 0 Å². The highest BCUT2D eigenvalue weighted by Crippen LogP contribution is 2.32. The van der Waals surface area contributed by atoms with E-state index < -0.39 is 66.8 Å². The van der Waals surface area contributed by atoms with Crippen LogP contribution in [0.15, 0.2) is 96.0 Å². The highest BCUT2D eigenvalue weighted by Gasteiger charge is 2.55. The van der Waals surface area contributed by atoms with Gasteiger partial charge in [-0.3, -0.25) is 9.59 Å². The van der Waals surface area contributed by atoms with Gasteiger partial charge in [0.15, 0.2) is 12.2 Å². The van der Waals surface area contributed by atoms with Crippen molar-refractivity contribution in [2.75, 3.05) is 6.61 Å². The highest BCUT2D eigenvalue weighted by atomic mass is 16.7. The Balaban J connectivity index is 1.48. The summed E-state index contributed by atoms with van der Waals surface area (Å²) in [5, 5.41) is 2.53. The van der Waals surface area contributed by atoms with E-state index >= 15 is 0 Å². The van der Waals surface area contributed by atoms with Gasteiger partial charge in [0.1, 0.15) is 30.6 Å². The molecule has 2 heterocycles. The van der Waals surface area contributed by atoms with Gasteiger partial charge in [0.05, 0.1) is 16.7 Å². The van der Waals surface area contributed by atoms with Crippen LogP contribution in [0, 0.1) is 0 Å². The van der Waals surface area contributed by atoms with Crippen LogP contribution in [0.2, 0.25) is 0 Å². The SMILES string of the molecule is CC1=NC(=O)C(C2OC(COC(=O)c3ccccc3)C(OC(=O)c3ccccc3)C2OC(=O)c2ccccc2)NC1=O. The topological polar surface area (TPSA) is 147 Å². The third-order valence-corrected chi connectivity index (χ3v) is 6.73. The second kappa shape index (κ2) is 12.6. The van der Waals surface area contributed by atoms with Crippen LogP contribution in [0.4, 0.5) is 0 Å². The molecule has 0 spiro atoms. The van der Waals surface area contributed by atoms with Gasteiger partial charge in [-0.1, -0.05) is 54.6 Å². The normalized spacial score (nSPS) is 23.4. The van der Waals surface area contributed by atoms with Gasteiger partial charge in [-0.25, -0.2) is 19.4 Å². The fourth-order valence-corrected chi connectivity index (χ4v) is 4.60. The molecule has 11 nitrogen and oxygen atoms in total. The lowest BCUT2D eigenvalue weighted by atomic mass is 9.99. The average molecular weight is 571 g/mol. The maximum absolute atomic E-state index is 13.2. The molecule has 5 unspecified atom stereocenters. The predicted octanol–water partition coefficient (Wildman–Crippen LogP) is 2.55. The summed E-state index contributed by atoms with van der Waals surface area (Å²) in [6, 6.07) is 23.0. The van der Waals surface area contributed by atoms with E-state index in [4.69, 9.17) is 18.9 Å². The first kappa shape index (κ1) is 28.4. The molecule has 3 aromatic carbocycles. The third-order valence-electron chi connectivity index (χ3n) is 6.73. The van der Waals surface area contributed by atoms with Crippen LogP contribution < -0.4 is 5.32 Å². The molecule has 214 valence electrons. The molecule has 0 aliphatic carbocycles. The zero-order valence-corrected chi connectivity index (χ0v) is 22.4. The smallest absolute Gasteiger partial charge is 0.338 e. The Morgan fingerprint density at radius 2 is 1.21 bits per heavy atom. The molecule has 0 aromatic heterocycles. The minimum atomic E-state index is -1.39. The Hall–Kier alpha value is -5.16. The first-order chi connectivity index (χ1) is 20.3. The van der Waals surface area contributed by atoms with Crippen LogP contribution in [0.3, 0.4) is 0 Å². The molecule has 0 radical (unpaired) electrons. The van der Waals surface area contributed by atoms with Crippen molar-refractivity contribution in [3.8, 4) is 0 Å². The average Bonchev–Trinajstić information content (AvgIpc) is 3.34. The number of aliphatic imine (C=N–C) groups is 1. The molecule has 2 aliphatic rings. The number of hydrogen-bond acceptors (Lipinski definition) is 9. The number of carbonyl (C=O) groups excluding carboxylic acids is 5. The Kier molecular flexibility index (Phi) is 8.49. The number of ether oxygens (including phenoxy) is 4. The predicted molar refractivity (Wildman–Crippen MR) is 147 cm³/mol. The summed E-state index contributed by atoms with van der Waals surface area (Å²) in [6.45, 7) is 0.954. The summed E-state index contributed by atoms with van der Waals surface area (Å²) >= 11 is 0. The van der Waals surface area contributed by atoms with Crippen LogP contribution in [-0.2, 0) is 28.5 Å². The largest absolute Gasteiger partial charge is 0.459 e. The van der Waals surface area contributed by atoms with Crippen LogP contribution in [-0.4, -0.2) is 72.5 Å². The number of carbonyl (C=O) groups is 5. The van der Waals surface area contributed by atoms with Gasteiger partial charge in [0, 0.05) is 0 Å². The first-order valence-electron chi connectivity index (χ1n) is 13.1. The Labute approximate surface area is 240 Å². The van der Waals surface area contributed by atoms with E-state index in [2.05, 4.69) is 10.3 Å². The van der Waals surface area contributed by atoms with Crippen molar-refractivity contribution in [1.29, 1.82) is 0 Å². The molecule has 1 saturated heterocycles. The number of esters is 3. The number of nitrogens with one attached hydrogen (secondary N) is 1. The summed E-state index contributed by atoms with van der Waals surface area (Å²) in [5.41, 5.74) is 0.622. The van der Waals surface area contributed by atoms with Crippen molar-refractivity contribution in [2.45, 2.75) is 37.4 Å². The fraction of sp³-hybridized carbons (Fsp3) is 0.226. The standard InChI is InChI=1S/C31H26N2O9/c1-18-27(34)33-23(28(35)32-18)25-26(42-31(38)21-15-9-4-10-16-21)24(41-30(37)20-13-7-3-8-14-20)22(40-25)17-39-29(36)19-11-5-2-6-12-19/h2-16,22-26H,17H2,1H3,(H,33,34). The molecule has 5 atom stereocenters. The highest BCUT2D eigenvalue weighted by molar-refractivity contribution is 6.41. The molecule has 1 fully saturated rings. The van der Waals surface area contributed by atoms with Gasteiger partial charge in [0.25, 0.3) is 11.8 Å². The number of nitrogens with zero attached hydrogens (tertiary/aromatic N) is 1. The minimum absolute atomic E-state index is 0.0486. The van der Waals surface area contributed by atoms with Crippen molar-refractivity contribution >= 4 is 35.4 Å². The molecule has 0 saturated carbocycles. The van der Waals surface area contributed by atoms with E-state index in [0.717, 1.165) is 0 Å². The number of amides is 2. The maximum Gasteiger partial charge on any atom is 0.338 e.